The van der Waals surface area contributed by atoms with Crippen LogP contribution in [0.15, 0.2) is 42.5 Å². The second-order valence-electron chi connectivity index (χ2n) is 7.31. The molecule has 0 aliphatic carbocycles. The van der Waals surface area contributed by atoms with Crippen molar-refractivity contribution in [2.75, 3.05) is 30.8 Å². The summed E-state index contributed by atoms with van der Waals surface area (Å²) in [6.45, 7) is 3.28. The topological polar surface area (TPSA) is 96.0 Å². The number of likely N-dealkylation sites (N-methyl/N-ethyl adjacent to an activating group) is 1. The van der Waals surface area contributed by atoms with Gasteiger partial charge in [0.2, 0.25) is 21.8 Å². The number of hydrogen-bond donors (Lipinski definition) is 1. The molecule has 8 nitrogen and oxygen atoms in total. The maximum atomic E-state index is 13.4. The van der Waals surface area contributed by atoms with Crippen LogP contribution in [0.25, 0.3) is 0 Å². The monoisotopic (exact) mass is 515 g/mol. The van der Waals surface area contributed by atoms with Gasteiger partial charge in [0, 0.05) is 18.1 Å². The van der Waals surface area contributed by atoms with E-state index in [1.807, 2.05) is 0 Å². The van der Waals surface area contributed by atoms with Gasteiger partial charge >= 0.3 is 0 Å². The first-order chi connectivity index (χ1) is 15.5. The molecule has 2 rings (SSSR count). The van der Waals surface area contributed by atoms with Gasteiger partial charge in [-0.3, -0.25) is 13.9 Å². The number of nitrogens with one attached hydrogen (secondary N) is 1. The van der Waals surface area contributed by atoms with Crippen LogP contribution in [0, 0.1) is 0 Å². The van der Waals surface area contributed by atoms with E-state index in [0.717, 1.165) is 16.1 Å². The summed E-state index contributed by atoms with van der Waals surface area (Å²) in [6.07, 6.45) is 0.971. The maximum absolute atomic E-state index is 13.4. The minimum absolute atomic E-state index is 0.0788. The van der Waals surface area contributed by atoms with Crippen molar-refractivity contribution >= 4 is 50.7 Å². The summed E-state index contributed by atoms with van der Waals surface area (Å²) in [7, 11) is -2.35. The number of ether oxygens (including phenoxy) is 1. The molecule has 0 unspecified atom stereocenters. The number of nitrogens with zero attached hydrogens (tertiary/aromatic N) is 2. The van der Waals surface area contributed by atoms with E-state index >= 15 is 0 Å². The van der Waals surface area contributed by atoms with Gasteiger partial charge in [-0.25, -0.2) is 8.42 Å². The smallest absolute Gasteiger partial charge is 0.244 e. The number of carbonyl (C=O) groups excluding carboxylic acids is 2. The molecule has 0 spiro atoms. The number of benzene rings is 2. The van der Waals surface area contributed by atoms with Crippen molar-refractivity contribution in [2.45, 2.75) is 26.4 Å². The molecule has 2 aromatic carbocycles. The number of hydrogen-bond acceptors (Lipinski definition) is 5. The Labute approximate surface area is 204 Å². The Kier molecular flexibility index (Phi) is 9.39. The van der Waals surface area contributed by atoms with E-state index in [4.69, 9.17) is 27.9 Å². The average molecular weight is 516 g/mol. The van der Waals surface area contributed by atoms with Gasteiger partial charge in [0.05, 0.1) is 24.1 Å². The zero-order valence-electron chi connectivity index (χ0n) is 18.8. The summed E-state index contributed by atoms with van der Waals surface area (Å²) in [5.41, 5.74) is 0.821. The van der Waals surface area contributed by atoms with Gasteiger partial charge in [0.25, 0.3) is 0 Å². The first kappa shape index (κ1) is 26.8. The van der Waals surface area contributed by atoms with E-state index in [-0.39, 0.29) is 28.2 Å². The number of anilines is 1. The summed E-state index contributed by atoms with van der Waals surface area (Å²) in [6, 6.07) is 10.5. The molecule has 1 N–H and O–H groups in total. The van der Waals surface area contributed by atoms with Crippen molar-refractivity contribution in [1.29, 1.82) is 0 Å². The summed E-state index contributed by atoms with van der Waals surface area (Å²) in [5.74, 6) is -0.288. The molecule has 0 saturated heterocycles. The average Bonchev–Trinajstić information content (AvgIpc) is 2.76. The summed E-state index contributed by atoms with van der Waals surface area (Å²) >= 11 is 12.2. The van der Waals surface area contributed by atoms with Gasteiger partial charge in [0.1, 0.15) is 18.3 Å². The number of carbonyl (C=O) groups is 2. The van der Waals surface area contributed by atoms with Crippen LogP contribution in [0.5, 0.6) is 5.75 Å². The number of halogens is 2. The molecular formula is C22H27Cl2N3O5S. The highest BCUT2D eigenvalue weighted by Crippen LogP contribution is 2.31. The van der Waals surface area contributed by atoms with Gasteiger partial charge < -0.3 is 15.0 Å². The van der Waals surface area contributed by atoms with Crippen molar-refractivity contribution in [2.24, 2.45) is 0 Å². The molecule has 2 amide bonds. The first-order valence-corrected chi connectivity index (χ1v) is 12.7. The fraction of sp³-hybridized carbons (Fsp3) is 0.364. The Morgan fingerprint density at radius 2 is 1.76 bits per heavy atom. The molecule has 0 heterocycles. The molecule has 0 radical (unpaired) electrons. The third-order valence-electron chi connectivity index (χ3n) is 4.89. The van der Waals surface area contributed by atoms with Crippen molar-refractivity contribution < 1.29 is 22.7 Å². The highest BCUT2D eigenvalue weighted by molar-refractivity contribution is 7.92. The van der Waals surface area contributed by atoms with E-state index in [1.54, 1.807) is 45.2 Å². The van der Waals surface area contributed by atoms with Crippen molar-refractivity contribution in [3.8, 4) is 5.75 Å². The van der Waals surface area contributed by atoms with E-state index in [1.165, 1.54) is 23.1 Å². The van der Waals surface area contributed by atoms with E-state index in [0.29, 0.717) is 12.3 Å². The highest BCUT2D eigenvalue weighted by atomic mass is 35.5. The molecule has 0 fully saturated rings. The van der Waals surface area contributed by atoms with Crippen molar-refractivity contribution in [3.05, 3.63) is 58.1 Å². The third-order valence-corrected chi connectivity index (χ3v) is 6.57. The number of rotatable bonds is 10. The lowest BCUT2D eigenvalue weighted by Gasteiger charge is -2.31. The second-order valence-corrected chi connectivity index (χ2v) is 10.1. The first-order valence-electron chi connectivity index (χ1n) is 10.1. The van der Waals surface area contributed by atoms with Crippen LogP contribution in [0.2, 0.25) is 10.0 Å². The minimum Gasteiger partial charge on any atom is -0.497 e. The SMILES string of the molecule is CCNC(=O)[C@@H](C)N(Cc1ccc(OC)cc1)C(=O)CN(c1cc(Cl)ccc1Cl)S(C)(=O)=O. The number of methoxy groups -OCH3 is 1. The van der Waals surface area contributed by atoms with Crippen molar-refractivity contribution in [3.63, 3.8) is 0 Å². The van der Waals surface area contributed by atoms with Crippen LogP contribution < -0.4 is 14.4 Å². The Morgan fingerprint density at radius 1 is 1.12 bits per heavy atom. The molecule has 0 aliphatic rings. The van der Waals surface area contributed by atoms with Gasteiger partial charge in [-0.2, -0.15) is 0 Å². The minimum atomic E-state index is -3.90. The third kappa shape index (κ3) is 7.25. The lowest BCUT2D eigenvalue weighted by molar-refractivity contribution is -0.139. The largest absolute Gasteiger partial charge is 0.497 e. The van der Waals surface area contributed by atoms with Gasteiger partial charge in [-0.15, -0.1) is 0 Å². The molecule has 2 aromatic rings. The normalized spacial score (nSPS) is 12.1. The summed E-state index contributed by atoms with van der Waals surface area (Å²) < 4.78 is 31.1. The lowest BCUT2D eigenvalue weighted by atomic mass is 10.1. The summed E-state index contributed by atoms with van der Waals surface area (Å²) in [4.78, 5) is 27.2. The molecule has 0 aliphatic heterocycles. The second kappa shape index (κ2) is 11.6. The van der Waals surface area contributed by atoms with Gasteiger partial charge in [-0.1, -0.05) is 35.3 Å². The predicted octanol–water partition coefficient (Wildman–Crippen LogP) is 3.32. The predicted molar refractivity (Wildman–Crippen MR) is 130 cm³/mol. The Morgan fingerprint density at radius 3 is 2.30 bits per heavy atom. The van der Waals surface area contributed by atoms with Gasteiger partial charge in [0.15, 0.2) is 0 Å². The van der Waals surface area contributed by atoms with E-state index in [2.05, 4.69) is 5.32 Å². The fourth-order valence-corrected chi connectivity index (χ4v) is 4.39. The highest BCUT2D eigenvalue weighted by Gasteiger charge is 2.30. The zero-order valence-corrected chi connectivity index (χ0v) is 21.2. The Balaban J connectivity index is 2.41. The maximum Gasteiger partial charge on any atom is 0.244 e. The van der Waals surface area contributed by atoms with Gasteiger partial charge in [-0.05, 0) is 49.7 Å². The molecule has 33 heavy (non-hydrogen) atoms. The van der Waals surface area contributed by atoms with Crippen LogP contribution >= 0.6 is 23.2 Å². The number of amides is 2. The Hall–Kier alpha value is -2.49. The van der Waals surface area contributed by atoms with Crippen LogP contribution in [-0.4, -0.2) is 57.6 Å². The molecule has 0 saturated carbocycles. The quantitative estimate of drug-likeness (QED) is 0.523. The van der Waals surface area contributed by atoms with Crippen LogP contribution in [0.3, 0.4) is 0 Å². The van der Waals surface area contributed by atoms with E-state index in [9.17, 15) is 18.0 Å². The van der Waals surface area contributed by atoms with E-state index < -0.39 is 28.5 Å². The van der Waals surface area contributed by atoms with Crippen LogP contribution in [-0.2, 0) is 26.2 Å². The van der Waals surface area contributed by atoms with Crippen LogP contribution in [0.1, 0.15) is 19.4 Å². The molecule has 11 heteroatoms. The zero-order chi connectivity index (χ0) is 24.8. The number of sulfonamides is 1. The summed E-state index contributed by atoms with van der Waals surface area (Å²) in [5, 5.41) is 3.08. The standard InChI is InChI=1S/C22H27Cl2N3O5S/c1-5-25-22(29)15(2)26(13-16-6-9-18(32-3)10-7-16)21(28)14-27(33(4,30)31)20-12-17(23)8-11-19(20)24/h6-12,15H,5,13-14H2,1-4H3,(H,25,29)/t15-/m1/s1. The Bertz CT molecular complexity index is 1090. The molecule has 1 atom stereocenters. The molecule has 0 bridgehead atoms. The lowest BCUT2D eigenvalue weighted by Crippen LogP contribution is -2.51. The van der Waals surface area contributed by atoms with Crippen LogP contribution in [0.4, 0.5) is 5.69 Å². The molecular weight excluding hydrogens is 489 g/mol. The molecule has 180 valence electrons. The van der Waals surface area contributed by atoms with Crippen molar-refractivity contribution in [1.82, 2.24) is 10.2 Å². The molecule has 0 aromatic heterocycles. The fourth-order valence-electron chi connectivity index (χ4n) is 3.10.